The highest BCUT2D eigenvalue weighted by Gasteiger charge is 2.27. The van der Waals surface area contributed by atoms with E-state index in [4.69, 9.17) is 9.57 Å². The molecule has 3 N–H and O–H groups in total. The van der Waals surface area contributed by atoms with Crippen LogP contribution in [0, 0.1) is 0 Å². The molecule has 0 radical (unpaired) electrons. The minimum atomic E-state index is -1.12. The van der Waals surface area contributed by atoms with Crippen LogP contribution in [0.2, 0.25) is 0 Å². The summed E-state index contributed by atoms with van der Waals surface area (Å²) in [5.74, 6) is -0.904. The lowest BCUT2D eigenvalue weighted by Crippen LogP contribution is -2.50. The first-order valence-corrected chi connectivity index (χ1v) is 11.2. The van der Waals surface area contributed by atoms with Gasteiger partial charge in [-0.05, 0) is 27.1 Å². The molecule has 1 unspecified atom stereocenters. The van der Waals surface area contributed by atoms with Gasteiger partial charge in [-0.2, -0.15) is 0 Å². The summed E-state index contributed by atoms with van der Waals surface area (Å²) < 4.78 is 5.85. The first-order valence-electron chi connectivity index (χ1n) is 10.4. The second-order valence-electron chi connectivity index (χ2n) is 7.37. The molecule has 2 atom stereocenters. The fourth-order valence-electron chi connectivity index (χ4n) is 3.01. The molecule has 2 aromatic rings. The van der Waals surface area contributed by atoms with Crippen LogP contribution in [0.25, 0.3) is 0 Å². The van der Waals surface area contributed by atoms with Gasteiger partial charge in [0.2, 0.25) is 11.8 Å². The van der Waals surface area contributed by atoms with Gasteiger partial charge in [-0.25, -0.2) is 4.79 Å². The van der Waals surface area contributed by atoms with E-state index in [1.165, 1.54) is 0 Å². The highest BCUT2D eigenvalue weighted by Crippen LogP contribution is 2.13. The topological polar surface area (TPSA) is 118 Å². The summed E-state index contributed by atoms with van der Waals surface area (Å²) >= 11 is 3.24. The molecule has 0 aromatic heterocycles. The molecule has 0 saturated carbocycles. The van der Waals surface area contributed by atoms with E-state index in [-0.39, 0.29) is 31.6 Å². The predicted octanol–water partition coefficient (Wildman–Crippen LogP) is 2.60. The molecule has 33 heavy (non-hydrogen) atoms. The molecule has 3 amide bonds. The van der Waals surface area contributed by atoms with Gasteiger partial charge in [0.05, 0.1) is 13.0 Å². The smallest absolute Gasteiger partial charge is 0.408 e. The van der Waals surface area contributed by atoms with Gasteiger partial charge in [-0.1, -0.05) is 65.8 Å². The van der Waals surface area contributed by atoms with E-state index in [9.17, 15) is 14.4 Å². The Balaban J connectivity index is 1.53. The fraction of sp³-hybridized carbons (Fsp3) is 0.304. The van der Waals surface area contributed by atoms with Crippen LogP contribution in [0.1, 0.15) is 24.0 Å². The van der Waals surface area contributed by atoms with Crippen molar-refractivity contribution in [1.29, 1.82) is 0 Å². The number of alkyl carbamates (subject to hydrolysis) is 1. The van der Waals surface area contributed by atoms with Crippen LogP contribution >= 0.6 is 15.9 Å². The Kier molecular flexibility index (Phi) is 9.25. The first kappa shape index (κ1) is 24.2. The van der Waals surface area contributed by atoms with E-state index in [1.807, 2.05) is 60.7 Å². The second-order valence-corrected chi connectivity index (χ2v) is 8.28. The maximum absolute atomic E-state index is 12.7. The number of hydrogen-bond donors (Lipinski definition) is 3. The number of oxime groups is 1. The van der Waals surface area contributed by atoms with Crippen molar-refractivity contribution in [2.24, 2.45) is 5.16 Å². The molecule has 0 fully saturated rings. The minimum Gasteiger partial charge on any atom is -0.445 e. The zero-order valence-corrected chi connectivity index (χ0v) is 19.4. The highest BCUT2D eigenvalue weighted by molar-refractivity contribution is 9.18. The van der Waals surface area contributed by atoms with E-state index < -0.39 is 18.0 Å². The number of carbonyl (C=O) groups excluding carboxylic acids is 3. The Morgan fingerprint density at radius 3 is 2.33 bits per heavy atom. The number of amides is 3. The van der Waals surface area contributed by atoms with Crippen LogP contribution in [-0.4, -0.2) is 41.2 Å². The van der Waals surface area contributed by atoms with Crippen molar-refractivity contribution in [1.82, 2.24) is 16.0 Å². The Bertz CT molecular complexity index is 914. The predicted molar refractivity (Wildman–Crippen MR) is 125 cm³/mol. The number of hydrogen-bond acceptors (Lipinski definition) is 6. The molecule has 0 bridgehead atoms. The summed E-state index contributed by atoms with van der Waals surface area (Å²) in [5, 5.41) is 11.7. The Morgan fingerprint density at radius 2 is 1.70 bits per heavy atom. The van der Waals surface area contributed by atoms with Gasteiger partial charge in [-0.3, -0.25) is 9.59 Å². The van der Waals surface area contributed by atoms with Crippen LogP contribution in [0.15, 0.2) is 65.8 Å². The van der Waals surface area contributed by atoms with Gasteiger partial charge < -0.3 is 25.5 Å². The van der Waals surface area contributed by atoms with E-state index in [0.29, 0.717) is 17.6 Å². The molecule has 0 saturated heterocycles. The van der Waals surface area contributed by atoms with Crippen LogP contribution in [0.4, 0.5) is 4.79 Å². The molecule has 1 aliphatic rings. The normalized spacial score (nSPS) is 15.5. The molecule has 0 spiro atoms. The number of nitrogens with zero attached hydrogens (tertiary/aromatic N) is 1. The van der Waals surface area contributed by atoms with Gasteiger partial charge >= 0.3 is 6.09 Å². The van der Waals surface area contributed by atoms with Crippen molar-refractivity contribution in [3.63, 3.8) is 0 Å². The lowest BCUT2D eigenvalue weighted by molar-refractivity contribution is -0.128. The van der Waals surface area contributed by atoms with Gasteiger partial charge in [0, 0.05) is 13.0 Å². The van der Waals surface area contributed by atoms with E-state index in [1.54, 1.807) is 0 Å². The molecule has 1 aliphatic heterocycles. The molecule has 2 aromatic carbocycles. The van der Waals surface area contributed by atoms with Crippen LogP contribution in [-0.2, 0) is 32.3 Å². The number of ether oxygens (including phenoxy) is 1. The molecule has 3 rings (SSSR count). The number of benzene rings is 2. The second kappa shape index (κ2) is 12.6. The van der Waals surface area contributed by atoms with Crippen LogP contribution in [0.5, 0.6) is 0 Å². The number of rotatable bonds is 10. The largest absolute Gasteiger partial charge is 0.445 e. The molecular formula is C23H25BrN4O5. The lowest BCUT2D eigenvalue weighted by Gasteiger charge is -2.19. The Hall–Kier alpha value is -3.40. The van der Waals surface area contributed by atoms with E-state index in [2.05, 4.69) is 37.0 Å². The average Bonchev–Trinajstić information content (AvgIpc) is 3.26. The molecule has 10 heteroatoms. The summed E-state index contributed by atoms with van der Waals surface area (Å²) in [4.78, 5) is 42.7. The first-order chi connectivity index (χ1) is 16.0. The van der Waals surface area contributed by atoms with Crippen molar-refractivity contribution in [2.75, 3.05) is 6.54 Å². The standard InChI is InChI=1S/C23H25BrN4O5/c24-20-11-18(33-28-20)14-26-22(30)19(12-21(29)25-13-16-7-3-1-4-8-16)27-23(31)32-15-17-9-5-2-6-10-17/h1-10,18-19H,11-15H2,(H,25,29)(H,26,30)(H,27,31)/t18-,19?/m0/s1. The molecule has 174 valence electrons. The third kappa shape index (κ3) is 8.57. The zero-order chi connectivity index (χ0) is 23.5. The minimum absolute atomic E-state index is 0.0441. The summed E-state index contributed by atoms with van der Waals surface area (Å²) in [6, 6.07) is 17.4. The van der Waals surface area contributed by atoms with Crippen molar-refractivity contribution in [3.05, 3.63) is 71.8 Å². The Labute approximate surface area is 200 Å². The molecule has 1 heterocycles. The number of nitrogens with one attached hydrogen (secondary N) is 3. The fourth-order valence-corrected chi connectivity index (χ4v) is 3.46. The number of halogens is 1. The third-order valence-electron chi connectivity index (χ3n) is 4.74. The molecular weight excluding hydrogens is 492 g/mol. The SMILES string of the molecule is O=C(CC(NC(=O)OCc1ccccc1)C(=O)NC[C@@H]1CC(Br)=NO1)NCc1ccccc1. The van der Waals surface area contributed by atoms with Gasteiger partial charge in [0.1, 0.15) is 17.3 Å². The van der Waals surface area contributed by atoms with Crippen LogP contribution < -0.4 is 16.0 Å². The van der Waals surface area contributed by atoms with Crippen molar-refractivity contribution in [3.8, 4) is 0 Å². The molecule has 9 nitrogen and oxygen atoms in total. The van der Waals surface area contributed by atoms with Gasteiger partial charge in [-0.15, -0.1) is 0 Å². The quantitative estimate of drug-likeness (QED) is 0.448. The summed E-state index contributed by atoms with van der Waals surface area (Å²) in [7, 11) is 0. The summed E-state index contributed by atoms with van der Waals surface area (Å²) in [6.07, 6.45) is -0.834. The maximum atomic E-state index is 12.7. The van der Waals surface area contributed by atoms with Crippen molar-refractivity contribution < 1.29 is 24.0 Å². The van der Waals surface area contributed by atoms with Gasteiger partial charge in [0.25, 0.3) is 0 Å². The van der Waals surface area contributed by atoms with Crippen molar-refractivity contribution >= 4 is 38.5 Å². The summed E-state index contributed by atoms with van der Waals surface area (Å²) in [6.45, 7) is 0.538. The summed E-state index contributed by atoms with van der Waals surface area (Å²) in [5.41, 5.74) is 1.73. The average molecular weight is 517 g/mol. The monoisotopic (exact) mass is 516 g/mol. The van der Waals surface area contributed by atoms with E-state index in [0.717, 1.165) is 11.1 Å². The number of carbonyl (C=O) groups is 3. The zero-order valence-electron chi connectivity index (χ0n) is 17.8. The van der Waals surface area contributed by atoms with Gasteiger partial charge in [0.15, 0.2) is 6.10 Å². The van der Waals surface area contributed by atoms with Crippen LogP contribution in [0.3, 0.4) is 0 Å². The third-order valence-corrected chi connectivity index (χ3v) is 5.21. The molecule has 0 aliphatic carbocycles. The van der Waals surface area contributed by atoms with Crippen molar-refractivity contribution in [2.45, 2.75) is 38.1 Å². The lowest BCUT2D eigenvalue weighted by atomic mass is 10.1. The highest BCUT2D eigenvalue weighted by atomic mass is 79.9. The Morgan fingerprint density at radius 1 is 1.03 bits per heavy atom. The van der Waals surface area contributed by atoms with E-state index >= 15 is 0 Å². The maximum Gasteiger partial charge on any atom is 0.408 e.